The van der Waals surface area contributed by atoms with Gasteiger partial charge in [0.05, 0.1) is 25.3 Å². The fourth-order valence-electron chi connectivity index (χ4n) is 0.965. The molecule has 0 aliphatic carbocycles. The predicted molar refractivity (Wildman–Crippen MR) is 39.7 cm³/mol. The van der Waals surface area contributed by atoms with E-state index in [-0.39, 0.29) is 6.61 Å². The molecule has 5 nitrogen and oxygen atoms in total. The van der Waals surface area contributed by atoms with Gasteiger partial charge in [-0.2, -0.15) is 0 Å². The maximum atomic E-state index is 7.48. The molecule has 1 aromatic rings. The molecule has 0 aromatic carbocycles. The highest BCUT2D eigenvalue weighted by atomic mass is 16.3. The van der Waals surface area contributed by atoms with Gasteiger partial charge in [-0.15, -0.1) is 0 Å². The fraction of sp³-hybridized carbons (Fsp3) is 0.333. The average molecular weight is 155 g/mol. The smallest absolute Gasteiger partial charge is 0.210 e. The van der Waals surface area contributed by atoms with Gasteiger partial charge >= 0.3 is 0 Å². The highest BCUT2D eigenvalue weighted by molar-refractivity contribution is 5.64. The summed E-state index contributed by atoms with van der Waals surface area (Å²) >= 11 is 0. The first kappa shape index (κ1) is 3.87. The number of aromatic nitrogens is 2. The van der Waals surface area contributed by atoms with E-state index in [0.29, 0.717) is 11.5 Å². The lowest BCUT2D eigenvalue weighted by atomic mass is 10.2. The number of aromatic amines is 1. The van der Waals surface area contributed by atoms with Crippen LogP contribution in [0.15, 0.2) is 11.3 Å². The van der Waals surface area contributed by atoms with Crippen LogP contribution in [0.4, 0.5) is 5.82 Å². The molecule has 58 valence electrons. The van der Waals surface area contributed by atoms with Gasteiger partial charge in [-0.05, 0) is 0 Å². The van der Waals surface area contributed by atoms with Crippen molar-refractivity contribution < 1.29 is 7.93 Å². The third-order valence-electron chi connectivity index (χ3n) is 1.51. The summed E-state index contributed by atoms with van der Waals surface area (Å²) in [5, 5.41) is 5.29. The first-order valence-electron chi connectivity index (χ1n) is 4.50. The van der Waals surface area contributed by atoms with Crippen molar-refractivity contribution in [3.05, 3.63) is 12.0 Å². The van der Waals surface area contributed by atoms with Gasteiger partial charge in [-0.25, -0.2) is 9.98 Å². The number of hydrogen-bond donors (Lipinski definition) is 3. The highest BCUT2D eigenvalue weighted by Crippen LogP contribution is 2.22. The van der Waals surface area contributed by atoms with E-state index < -0.39 is 6.04 Å². The number of imidazole rings is 1. The van der Waals surface area contributed by atoms with Gasteiger partial charge in [0.1, 0.15) is 5.69 Å². The summed E-state index contributed by atoms with van der Waals surface area (Å²) in [7, 11) is 0. The first-order valence-corrected chi connectivity index (χ1v) is 3.20. The molecule has 0 bridgehead atoms. The molecule has 1 aliphatic rings. The van der Waals surface area contributed by atoms with Crippen molar-refractivity contribution in [1.29, 1.82) is 1.43 Å². The Morgan fingerprint density at radius 1 is 1.91 bits per heavy atom. The second-order valence-corrected chi connectivity index (χ2v) is 2.16. The summed E-state index contributed by atoms with van der Waals surface area (Å²) in [6.07, 6.45) is 2.58. The molecule has 0 spiro atoms. The molecule has 5 heteroatoms. The maximum absolute atomic E-state index is 7.48. The molecular weight excluding hydrogens is 144 g/mol. The van der Waals surface area contributed by atoms with Crippen molar-refractivity contribution >= 4 is 12.2 Å². The summed E-state index contributed by atoms with van der Waals surface area (Å²) in [5.41, 5.74) is 0.491. The molecule has 1 aromatic heterocycles. The molecule has 0 fully saturated rings. The van der Waals surface area contributed by atoms with Crippen molar-refractivity contribution in [1.82, 2.24) is 15.3 Å². The zero-order valence-electron chi connectivity index (χ0n) is 8.64. The molecule has 0 amide bonds. The Morgan fingerprint density at radius 2 is 2.91 bits per heavy atom. The van der Waals surface area contributed by atoms with E-state index in [1.807, 2.05) is 0 Å². The fourth-order valence-corrected chi connectivity index (χ4v) is 0.965. The molecule has 0 saturated heterocycles. The van der Waals surface area contributed by atoms with Crippen LogP contribution in [0, 0.1) is 0 Å². The number of nitrogens with one attached hydrogen (secondary N) is 2. The molecule has 3 N–H and O–H groups in total. The van der Waals surface area contributed by atoms with Crippen LogP contribution in [-0.2, 0) is 0 Å². The van der Waals surface area contributed by atoms with Gasteiger partial charge in [-0.1, -0.05) is 0 Å². The first-order chi connectivity index (χ1) is 6.74. The van der Waals surface area contributed by atoms with Crippen LogP contribution in [0.5, 0.6) is 0 Å². The number of H-pyrrole nitrogens is 1. The molecule has 0 radical (unpaired) electrons. The second-order valence-electron chi connectivity index (χ2n) is 2.16. The Hall–Kier alpha value is -1.36. The molecular formula is C6H8N4O. The van der Waals surface area contributed by atoms with E-state index in [4.69, 9.17) is 4.25 Å². The number of hydrogen-bond acceptors (Lipinski definition) is 4. The topological polar surface area (TPSA) is 73.3 Å². The number of aliphatic hydroxyl groups is 1. The Morgan fingerprint density at radius 3 is 3.82 bits per heavy atom. The summed E-state index contributed by atoms with van der Waals surface area (Å²) < 4.78 is 21.5. The Bertz CT molecular complexity index is 366. The van der Waals surface area contributed by atoms with Crippen LogP contribution in [0.2, 0.25) is 2.82 Å². The molecule has 1 atom stereocenters. The van der Waals surface area contributed by atoms with Gasteiger partial charge in [-0.3, -0.25) is 0 Å². The SMILES string of the molecule is [2H]OCC1c2ncn([2H])c2N=CN1[2H]. The molecule has 11 heavy (non-hydrogen) atoms. The van der Waals surface area contributed by atoms with Crippen LogP contribution in [0.1, 0.15) is 11.7 Å². The van der Waals surface area contributed by atoms with Crippen molar-refractivity contribution in [2.24, 2.45) is 4.99 Å². The summed E-state index contributed by atoms with van der Waals surface area (Å²) in [6, 6.07) is -0.466. The predicted octanol–water partition coefficient (Wildman–Crippen LogP) is -0.294. The van der Waals surface area contributed by atoms with Crippen molar-refractivity contribution in [3.63, 3.8) is 0 Å². The van der Waals surface area contributed by atoms with E-state index in [9.17, 15) is 0 Å². The zero-order valence-corrected chi connectivity index (χ0v) is 5.64. The zero-order chi connectivity index (χ0) is 10.1. The number of aliphatic imine (C=N–C) groups is 1. The Kier molecular flexibility index (Phi) is 0.827. The Labute approximate surface area is 67.6 Å². The summed E-state index contributed by atoms with van der Waals surface area (Å²) in [4.78, 5) is 8.84. The maximum Gasteiger partial charge on any atom is 0.210 e. The van der Waals surface area contributed by atoms with Crippen LogP contribution >= 0.6 is 0 Å². The molecule has 0 saturated carbocycles. The lowest BCUT2D eigenvalue weighted by molar-refractivity contribution is 0.256. The van der Waals surface area contributed by atoms with E-state index in [1.165, 1.54) is 12.7 Å². The Balaban J connectivity index is 2.38. The van der Waals surface area contributed by atoms with E-state index in [1.54, 1.807) is 0 Å². The van der Waals surface area contributed by atoms with Crippen LogP contribution in [0.25, 0.3) is 0 Å². The second kappa shape index (κ2) is 2.35. The third-order valence-corrected chi connectivity index (χ3v) is 1.51. The summed E-state index contributed by atoms with van der Waals surface area (Å²) in [6.45, 7) is 0.0273. The largest absolute Gasteiger partial charge is 0.394 e. The number of aliphatic hydroxyl groups excluding tert-OH is 1. The average Bonchev–Trinajstić information content (AvgIpc) is 2.53. The lowest BCUT2D eigenvalue weighted by Gasteiger charge is -2.15. The quantitative estimate of drug-likeness (QED) is 0.549. The monoisotopic (exact) mass is 155 g/mol. The minimum Gasteiger partial charge on any atom is -0.394 e. The van der Waals surface area contributed by atoms with Gasteiger partial charge in [0, 0.05) is 0 Å². The normalized spacial score (nSPS) is 25.6. The van der Waals surface area contributed by atoms with E-state index >= 15 is 0 Å². The standard InChI is InChI=1S/C6H8N4O/c11-1-4-5-6(9-2-7-4)10-3-8-5/h2-4,11H,1H2,(H,7,9)(H,8,10)/i11D/hD2. The molecule has 2 heterocycles. The molecule has 1 unspecified atom stereocenters. The van der Waals surface area contributed by atoms with Crippen molar-refractivity contribution in [3.8, 4) is 0 Å². The highest BCUT2D eigenvalue weighted by Gasteiger charge is 2.18. The van der Waals surface area contributed by atoms with Gasteiger partial charge < -0.3 is 15.4 Å². The number of fused-ring (bicyclic) bond motifs is 1. The summed E-state index contributed by atoms with van der Waals surface area (Å²) in [5.74, 6) is 0.385. The molecule has 2 rings (SSSR count). The minimum atomic E-state index is -0.466. The van der Waals surface area contributed by atoms with E-state index in [0.717, 1.165) is 10.3 Å². The van der Waals surface area contributed by atoms with Crippen molar-refractivity contribution in [2.45, 2.75) is 6.04 Å². The van der Waals surface area contributed by atoms with Crippen LogP contribution in [-0.4, -0.2) is 29.4 Å². The van der Waals surface area contributed by atoms with Gasteiger partial charge in [0.2, 0.25) is 1.43 Å². The van der Waals surface area contributed by atoms with Crippen LogP contribution < -0.4 is 5.31 Å². The van der Waals surface area contributed by atoms with Gasteiger partial charge in [0.15, 0.2) is 8.64 Å². The van der Waals surface area contributed by atoms with E-state index in [2.05, 4.69) is 15.1 Å². The third kappa shape index (κ3) is 0.894. The van der Waals surface area contributed by atoms with Crippen LogP contribution in [0.3, 0.4) is 0 Å². The van der Waals surface area contributed by atoms with Crippen molar-refractivity contribution in [2.75, 3.05) is 6.61 Å². The minimum absolute atomic E-state index is 0.0273. The number of rotatable bonds is 2. The number of nitrogens with zero attached hydrogens (tertiary/aromatic N) is 2. The molecule has 1 aliphatic heterocycles. The van der Waals surface area contributed by atoms with Gasteiger partial charge in [0.25, 0.3) is 0 Å². The lowest BCUT2D eigenvalue weighted by Crippen LogP contribution is -2.25.